The molecule has 2 heterocycles. The summed E-state index contributed by atoms with van der Waals surface area (Å²) in [7, 11) is 0. The second kappa shape index (κ2) is 6.63. The van der Waals surface area contributed by atoms with Crippen molar-refractivity contribution in [3.63, 3.8) is 0 Å². The van der Waals surface area contributed by atoms with Crippen molar-refractivity contribution in [3.8, 4) is 22.6 Å². The van der Waals surface area contributed by atoms with E-state index in [2.05, 4.69) is 10.2 Å². The number of fused-ring (bicyclic) bond motifs is 1. The van der Waals surface area contributed by atoms with Crippen LogP contribution in [0.2, 0.25) is 0 Å². The highest BCUT2D eigenvalue weighted by molar-refractivity contribution is 5.75. The highest BCUT2D eigenvalue weighted by Crippen LogP contribution is 2.27. The molecule has 5 nitrogen and oxygen atoms in total. The lowest BCUT2D eigenvalue weighted by molar-refractivity contribution is 0.757. The van der Waals surface area contributed by atoms with E-state index in [0.717, 1.165) is 33.7 Å². The lowest BCUT2D eigenvalue weighted by Gasteiger charge is -2.16. The first-order chi connectivity index (χ1) is 13.8. The van der Waals surface area contributed by atoms with E-state index in [1.54, 1.807) is 21.5 Å². The topological polar surface area (TPSA) is 52.7 Å². The Morgan fingerprint density at radius 2 is 1.18 bits per heavy atom. The molecule has 5 rings (SSSR count). The summed E-state index contributed by atoms with van der Waals surface area (Å²) >= 11 is 0. The molecular weight excluding hydrogens is 348 g/mol. The van der Waals surface area contributed by atoms with Gasteiger partial charge in [0, 0.05) is 17.3 Å². The molecule has 0 spiro atoms. The van der Waals surface area contributed by atoms with Gasteiger partial charge in [0.25, 0.3) is 5.56 Å². The molecule has 0 radical (unpaired) electrons. The Morgan fingerprint density at radius 3 is 1.82 bits per heavy atom. The maximum atomic E-state index is 12.9. The molecule has 0 N–H and O–H groups in total. The Morgan fingerprint density at radius 1 is 0.607 bits per heavy atom. The lowest BCUT2D eigenvalue weighted by atomic mass is 10.1. The molecule has 0 aliphatic carbocycles. The Bertz CT molecular complexity index is 1290. The average Bonchev–Trinajstić information content (AvgIpc) is 3.19. The number of hydrogen-bond donors (Lipinski definition) is 0. The number of para-hydroxylation sites is 1. The van der Waals surface area contributed by atoms with Crippen LogP contribution in [0.4, 0.5) is 0 Å². The number of pyridine rings is 1. The van der Waals surface area contributed by atoms with Crippen LogP contribution in [0.25, 0.3) is 33.7 Å². The van der Waals surface area contributed by atoms with Gasteiger partial charge in [-0.05, 0) is 30.3 Å². The molecule has 0 saturated carbocycles. The summed E-state index contributed by atoms with van der Waals surface area (Å²) in [5, 5.41) is 9.25. The monoisotopic (exact) mass is 364 g/mol. The van der Waals surface area contributed by atoms with E-state index in [4.69, 9.17) is 0 Å². The largest absolute Gasteiger partial charge is 0.275 e. The lowest BCUT2D eigenvalue weighted by Crippen LogP contribution is -2.21. The number of benzene rings is 3. The van der Waals surface area contributed by atoms with E-state index in [0.29, 0.717) is 0 Å². The first-order valence-electron chi connectivity index (χ1n) is 9.01. The summed E-state index contributed by atoms with van der Waals surface area (Å²) in [4.78, 5) is 14.5. The highest BCUT2D eigenvalue weighted by atomic mass is 16.1. The molecule has 5 aromatic rings. The van der Waals surface area contributed by atoms with E-state index in [1.165, 1.54) is 0 Å². The van der Waals surface area contributed by atoms with E-state index < -0.39 is 0 Å². The molecule has 0 fully saturated rings. The van der Waals surface area contributed by atoms with Gasteiger partial charge in [0.1, 0.15) is 16.7 Å². The predicted molar refractivity (Wildman–Crippen MR) is 110 cm³/mol. The first kappa shape index (κ1) is 16.2. The number of hydrogen-bond acceptors (Lipinski definition) is 3. The van der Waals surface area contributed by atoms with Crippen molar-refractivity contribution >= 4 is 11.0 Å². The fourth-order valence-electron chi connectivity index (χ4n) is 3.36. The zero-order valence-electron chi connectivity index (χ0n) is 14.9. The minimum Gasteiger partial charge on any atom is -0.275 e. The fourth-order valence-corrected chi connectivity index (χ4v) is 3.36. The van der Waals surface area contributed by atoms with Crippen molar-refractivity contribution in [2.45, 2.75) is 0 Å². The van der Waals surface area contributed by atoms with Crippen LogP contribution in [0.1, 0.15) is 0 Å². The Balaban J connectivity index is 1.86. The third kappa shape index (κ3) is 2.70. The summed E-state index contributed by atoms with van der Waals surface area (Å²) in [6.45, 7) is 0. The molecule has 0 amide bonds. The molecule has 2 aromatic heterocycles. The second-order valence-electron chi connectivity index (χ2n) is 6.42. The van der Waals surface area contributed by atoms with Crippen LogP contribution < -0.4 is 5.56 Å². The third-order valence-corrected chi connectivity index (χ3v) is 4.63. The zero-order chi connectivity index (χ0) is 18.9. The smallest absolute Gasteiger partial charge is 0.255 e. The summed E-state index contributed by atoms with van der Waals surface area (Å²) in [6, 6.07) is 30.5. The minimum absolute atomic E-state index is 0.106. The summed E-state index contributed by atoms with van der Waals surface area (Å²) in [6.07, 6.45) is 0. The fraction of sp³-hybridized carbons (Fsp3) is 0. The minimum atomic E-state index is -0.106. The van der Waals surface area contributed by atoms with E-state index >= 15 is 0 Å². The van der Waals surface area contributed by atoms with Crippen molar-refractivity contribution in [1.29, 1.82) is 0 Å². The van der Waals surface area contributed by atoms with Gasteiger partial charge in [-0.2, -0.15) is 0 Å². The Hall–Kier alpha value is -3.99. The SMILES string of the molecule is O=c1ccc(-n2nc3ccccc3n2)c(-c2ccccc2)n1-c1ccccc1. The molecule has 0 unspecified atom stereocenters. The molecule has 28 heavy (non-hydrogen) atoms. The standard InChI is InChI=1S/C23H16N4O/c28-22-16-15-21(27-24-19-13-7-8-14-20(19)25-27)23(17-9-3-1-4-10-17)26(22)18-11-5-2-6-12-18/h1-16H. The summed E-state index contributed by atoms with van der Waals surface area (Å²) in [5.41, 5.74) is 4.71. The molecule has 0 bridgehead atoms. The quantitative estimate of drug-likeness (QED) is 0.481. The van der Waals surface area contributed by atoms with Gasteiger partial charge in [0.05, 0.1) is 5.69 Å². The van der Waals surface area contributed by atoms with Gasteiger partial charge < -0.3 is 0 Å². The van der Waals surface area contributed by atoms with E-state index in [9.17, 15) is 4.79 Å². The van der Waals surface area contributed by atoms with Crippen molar-refractivity contribution < 1.29 is 0 Å². The number of nitrogens with zero attached hydrogens (tertiary/aromatic N) is 4. The van der Waals surface area contributed by atoms with Crippen LogP contribution in [0.3, 0.4) is 0 Å². The van der Waals surface area contributed by atoms with Crippen LogP contribution in [0.5, 0.6) is 0 Å². The number of aromatic nitrogens is 4. The molecule has 0 saturated heterocycles. The molecule has 3 aromatic carbocycles. The van der Waals surface area contributed by atoms with Crippen molar-refractivity contribution in [2.24, 2.45) is 0 Å². The average molecular weight is 364 g/mol. The van der Waals surface area contributed by atoms with Gasteiger partial charge in [-0.25, -0.2) is 0 Å². The van der Waals surface area contributed by atoms with Crippen molar-refractivity contribution in [1.82, 2.24) is 19.6 Å². The third-order valence-electron chi connectivity index (χ3n) is 4.63. The van der Waals surface area contributed by atoms with Gasteiger partial charge in [-0.1, -0.05) is 60.7 Å². The molecule has 0 aliphatic heterocycles. The summed E-state index contributed by atoms with van der Waals surface area (Å²) in [5.74, 6) is 0. The Kier molecular flexibility index (Phi) is 3.84. The molecule has 134 valence electrons. The molecular formula is C23H16N4O. The van der Waals surface area contributed by atoms with Gasteiger partial charge in [-0.15, -0.1) is 15.0 Å². The Labute approximate surface area is 161 Å². The van der Waals surface area contributed by atoms with Crippen LogP contribution in [-0.2, 0) is 0 Å². The second-order valence-corrected chi connectivity index (χ2v) is 6.42. The maximum Gasteiger partial charge on any atom is 0.255 e. The normalized spacial score (nSPS) is 11.0. The van der Waals surface area contributed by atoms with Crippen LogP contribution >= 0.6 is 0 Å². The van der Waals surface area contributed by atoms with Crippen LogP contribution in [0, 0.1) is 0 Å². The molecule has 0 atom stereocenters. The summed E-state index contributed by atoms with van der Waals surface area (Å²) < 4.78 is 1.71. The van der Waals surface area contributed by atoms with E-state index in [1.807, 2.05) is 84.9 Å². The first-order valence-corrected chi connectivity index (χ1v) is 9.01. The van der Waals surface area contributed by atoms with Gasteiger partial charge >= 0.3 is 0 Å². The highest BCUT2D eigenvalue weighted by Gasteiger charge is 2.17. The van der Waals surface area contributed by atoms with Crippen molar-refractivity contribution in [3.05, 3.63) is 107 Å². The van der Waals surface area contributed by atoms with E-state index in [-0.39, 0.29) is 5.56 Å². The zero-order valence-corrected chi connectivity index (χ0v) is 14.9. The van der Waals surface area contributed by atoms with Crippen LogP contribution in [-0.4, -0.2) is 19.6 Å². The maximum absolute atomic E-state index is 12.9. The number of rotatable bonds is 3. The van der Waals surface area contributed by atoms with Crippen LogP contribution in [0.15, 0.2) is 102 Å². The van der Waals surface area contributed by atoms with Crippen molar-refractivity contribution in [2.75, 3.05) is 0 Å². The van der Waals surface area contributed by atoms with Gasteiger partial charge in [-0.3, -0.25) is 9.36 Å². The molecule has 0 aliphatic rings. The van der Waals surface area contributed by atoms with Gasteiger partial charge in [0.2, 0.25) is 0 Å². The molecule has 5 heteroatoms. The predicted octanol–water partition coefficient (Wildman–Crippen LogP) is 4.24. The van der Waals surface area contributed by atoms with Gasteiger partial charge in [0.15, 0.2) is 0 Å².